The van der Waals surface area contributed by atoms with Gasteiger partial charge in [0, 0.05) is 38.3 Å². The molecule has 1 aromatic carbocycles. The number of nitrogens with one attached hydrogen (secondary N) is 1. The third kappa shape index (κ3) is 5.44. The highest BCUT2D eigenvalue weighted by molar-refractivity contribution is 6.33. The lowest BCUT2D eigenvalue weighted by Crippen LogP contribution is -2.41. The summed E-state index contributed by atoms with van der Waals surface area (Å²) in [6.07, 6.45) is -2.79. The molecule has 2 aliphatic heterocycles. The molecule has 1 aromatic heterocycles. The van der Waals surface area contributed by atoms with E-state index >= 15 is 0 Å². The number of aromatic nitrogens is 1. The van der Waals surface area contributed by atoms with Gasteiger partial charge >= 0.3 is 6.18 Å². The third-order valence-corrected chi connectivity index (χ3v) is 6.31. The second-order valence-corrected chi connectivity index (χ2v) is 8.64. The van der Waals surface area contributed by atoms with E-state index in [-0.39, 0.29) is 28.6 Å². The van der Waals surface area contributed by atoms with E-state index in [1.165, 1.54) is 0 Å². The van der Waals surface area contributed by atoms with Crippen LogP contribution in [-0.4, -0.2) is 61.1 Å². The average molecular weight is 497 g/mol. The zero-order valence-electron chi connectivity index (χ0n) is 18.3. The number of morpholine rings is 1. The number of rotatable bonds is 4. The minimum Gasteiger partial charge on any atom is -0.378 e. The lowest BCUT2D eigenvalue weighted by atomic mass is 9.95. The first-order valence-corrected chi connectivity index (χ1v) is 11.4. The number of nitrogens with zero attached hydrogens (tertiary/aromatic N) is 3. The quantitative estimate of drug-likeness (QED) is 0.690. The molecule has 0 spiro atoms. The van der Waals surface area contributed by atoms with Gasteiger partial charge in [0.25, 0.3) is 5.91 Å². The maximum atomic E-state index is 12.9. The van der Waals surface area contributed by atoms with E-state index in [9.17, 15) is 22.8 Å². The predicted octanol–water partition coefficient (Wildman–Crippen LogP) is 4.08. The van der Waals surface area contributed by atoms with Crippen molar-refractivity contribution >= 4 is 34.9 Å². The number of carbonyl (C=O) groups is 2. The van der Waals surface area contributed by atoms with Crippen molar-refractivity contribution in [2.75, 3.05) is 49.6 Å². The second kappa shape index (κ2) is 10.2. The number of ether oxygens (including phenoxy) is 1. The average Bonchev–Trinajstić information content (AvgIpc) is 2.84. The van der Waals surface area contributed by atoms with Crippen LogP contribution in [0.15, 0.2) is 36.5 Å². The molecule has 7 nitrogen and oxygen atoms in total. The number of pyridine rings is 1. The minimum absolute atomic E-state index is 0.0757. The fraction of sp³-hybridized carbons (Fsp3) is 0.435. The van der Waals surface area contributed by atoms with Gasteiger partial charge < -0.3 is 19.9 Å². The Labute approximate surface area is 199 Å². The largest absolute Gasteiger partial charge is 0.417 e. The summed E-state index contributed by atoms with van der Waals surface area (Å²) < 4.78 is 43.9. The molecule has 2 amide bonds. The molecule has 0 bridgehead atoms. The Bertz CT molecular complexity index is 1050. The van der Waals surface area contributed by atoms with Crippen molar-refractivity contribution in [2.45, 2.75) is 19.0 Å². The van der Waals surface area contributed by atoms with Crippen molar-refractivity contribution in [3.63, 3.8) is 0 Å². The number of anilines is 2. The van der Waals surface area contributed by atoms with Gasteiger partial charge in [-0.05, 0) is 31.0 Å². The molecular formula is C23H24ClF3N4O3. The number of carbonyl (C=O) groups excluding carboxylic acids is 2. The van der Waals surface area contributed by atoms with Gasteiger partial charge in [0.1, 0.15) is 5.82 Å². The van der Waals surface area contributed by atoms with Crippen molar-refractivity contribution < 1.29 is 27.5 Å². The van der Waals surface area contributed by atoms with Crippen LogP contribution in [0, 0.1) is 5.92 Å². The molecule has 2 fully saturated rings. The Morgan fingerprint density at radius 2 is 1.76 bits per heavy atom. The molecule has 4 rings (SSSR count). The van der Waals surface area contributed by atoms with Crippen LogP contribution < -0.4 is 10.2 Å². The normalized spacial score (nSPS) is 17.5. The molecule has 182 valence electrons. The smallest absolute Gasteiger partial charge is 0.378 e. The number of benzene rings is 1. The van der Waals surface area contributed by atoms with Gasteiger partial charge in [-0.1, -0.05) is 23.7 Å². The number of hydrogen-bond donors (Lipinski definition) is 1. The highest BCUT2D eigenvalue weighted by Gasteiger charge is 2.33. The van der Waals surface area contributed by atoms with Crippen molar-refractivity contribution in [1.82, 2.24) is 9.88 Å². The van der Waals surface area contributed by atoms with Crippen LogP contribution in [-0.2, 0) is 15.7 Å². The Balaban J connectivity index is 1.38. The van der Waals surface area contributed by atoms with Crippen LogP contribution in [0.25, 0.3) is 0 Å². The Hall–Kier alpha value is -2.85. The lowest BCUT2D eigenvalue weighted by molar-refractivity contribution is -0.137. The third-order valence-electron chi connectivity index (χ3n) is 6.03. The number of halogens is 4. The maximum absolute atomic E-state index is 12.9. The van der Waals surface area contributed by atoms with Crippen molar-refractivity contribution in [3.05, 3.63) is 52.7 Å². The van der Waals surface area contributed by atoms with Crippen LogP contribution in [0.5, 0.6) is 0 Å². The Kier molecular flexibility index (Phi) is 7.27. The van der Waals surface area contributed by atoms with Crippen molar-refractivity contribution in [1.29, 1.82) is 0 Å². The lowest BCUT2D eigenvalue weighted by Gasteiger charge is -2.33. The molecule has 0 unspecified atom stereocenters. The summed E-state index contributed by atoms with van der Waals surface area (Å²) in [5.41, 5.74) is -0.0180. The van der Waals surface area contributed by atoms with Gasteiger partial charge in [-0.2, -0.15) is 13.2 Å². The van der Waals surface area contributed by atoms with Crippen LogP contribution in [0.3, 0.4) is 0 Å². The molecule has 0 atom stereocenters. The molecule has 0 radical (unpaired) electrons. The van der Waals surface area contributed by atoms with Gasteiger partial charge in [0.05, 0.1) is 35.1 Å². The maximum Gasteiger partial charge on any atom is 0.417 e. The van der Waals surface area contributed by atoms with E-state index in [2.05, 4.69) is 10.3 Å². The standard InChI is InChI=1S/C23H24ClF3N4O3/c24-18-13-16(23(25,26)27)14-28-20(18)30-7-5-15(6-8-30)21(32)29-19-4-2-1-3-17(19)22(33)31-9-11-34-12-10-31/h1-4,13-15H,5-12H2,(H,29,32). The van der Waals surface area contributed by atoms with E-state index in [4.69, 9.17) is 16.3 Å². The first-order valence-electron chi connectivity index (χ1n) is 11.0. The summed E-state index contributed by atoms with van der Waals surface area (Å²) in [4.78, 5) is 33.2. The molecule has 3 heterocycles. The zero-order chi connectivity index (χ0) is 24.3. The number of hydrogen-bond acceptors (Lipinski definition) is 5. The highest BCUT2D eigenvalue weighted by Crippen LogP contribution is 2.35. The van der Waals surface area contributed by atoms with Crippen molar-refractivity contribution in [2.24, 2.45) is 5.92 Å². The van der Waals surface area contributed by atoms with Gasteiger partial charge in [0.15, 0.2) is 0 Å². The van der Waals surface area contributed by atoms with Crippen LogP contribution in [0.1, 0.15) is 28.8 Å². The number of alkyl halides is 3. The van der Waals surface area contributed by atoms with Gasteiger partial charge in [-0.25, -0.2) is 4.98 Å². The number of amides is 2. The first kappa shape index (κ1) is 24.3. The monoisotopic (exact) mass is 496 g/mol. The fourth-order valence-electron chi connectivity index (χ4n) is 4.12. The van der Waals surface area contributed by atoms with Crippen LogP contribution in [0.4, 0.5) is 24.7 Å². The SMILES string of the molecule is O=C(Nc1ccccc1C(=O)N1CCOCC1)C1CCN(c2ncc(C(F)(F)F)cc2Cl)CC1. The molecule has 11 heteroatoms. The number of piperidine rings is 1. The molecule has 34 heavy (non-hydrogen) atoms. The fourth-order valence-corrected chi connectivity index (χ4v) is 4.41. The van der Waals surface area contributed by atoms with Gasteiger partial charge in [0.2, 0.25) is 5.91 Å². The molecule has 1 N–H and O–H groups in total. The van der Waals surface area contributed by atoms with Crippen LogP contribution >= 0.6 is 11.6 Å². The summed E-state index contributed by atoms with van der Waals surface area (Å²) in [6.45, 7) is 2.81. The second-order valence-electron chi connectivity index (χ2n) is 8.23. The molecule has 2 saturated heterocycles. The summed E-state index contributed by atoms with van der Waals surface area (Å²) in [7, 11) is 0. The van der Waals surface area contributed by atoms with E-state index in [1.54, 1.807) is 34.1 Å². The molecular weight excluding hydrogens is 473 g/mol. The summed E-state index contributed by atoms with van der Waals surface area (Å²) >= 11 is 6.06. The van der Waals surface area contributed by atoms with E-state index in [1.807, 2.05) is 0 Å². The zero-order valence-corrected chi connectivity index (χ0v) is 19.0. The molecule has 2 aromatic rings. The topological polar surface area (TPSA) is 74.8 Å². The predicted molar refractivity (Wildman–Crippen MR) is 121 cm³/mol. The molecule has 0 saturated carbocycles. The highest BCUT2D eigenvalue weighted by atomic mass is 35.5. The minimum atomic E-state index is -4.51. The Morgan fingerprint density at radius 3 is 2.41 bits per heavy atom. The van der Waals surface area contributed by atoms with E-state index < -0.39 is 11.7 Å². The van der Waals surface area contributed by atoms with E-state index in [0.717, 1.165) is 12.3 Å². The molecule has 2 aliphatic rings. The summed E-state index contributed by atoms with van der Waals surface area (Å²) in [5.74, 6) is -0.392. The van der Waals surface area contributed by atoms with Gasteiger partial charge in [-0.15, -0.1) is 0 Å². The van der Waals surface area contributed by atoms with Crippen LogP contribution in [0.2, 0.25) is 5.02 Å². The summed E-state index contributed by atoms with van der Waals surface area (Å²) in [6, 6.07) is 7.77. The van der Waals surface area contributed by atoms with E-state index in [0.29, 0.717) is 63.5 Å². The van der Waals surface area contributed by atoms with Crippen molar-refractivity contribution in [3.8, 4) is 0 Å². The van der Waals surface area contributed by atoms with Gasteiger partial charge in [-0.3, -0.25) is 9.59 Å². The number of para-hydroxylation sites is 1. The Morgan fingerprint density at radius 1 is 1.09 bits per heavy atom. The molecule has 0 aliphatic carbocycles. The summed E-state index contributed by atoms with van der Waals surface area (Å²) in [5, 5.41) is 2.81. The first-order chi connectivity index (χ1) is 16.2.